The van der Waals surface area contributed by atoms with Crippen molar-refractivity contribution in [3.05, 3.63) is 46.8 Å². The number of nitrogens with one attached hydrogen (secondary N) is 2. The monoisotopic (exact) mass is 393 g/mol. The molecule has 0 aliphatic rings. The quantitative estimate of drug-likeness (QED) is 0.753. The van der Waals surface area contributed by atoms with Crippen LogP contribution in [-0.2, 0) is 26.8 Å². The van der Waals surface area contributed by atoms with Gasteiger partial charge in [-0.3, -0.25) is 4.79 Å². The molecule has 2 aromatic rings. The van der Waals surface area contributed by atoms with Gasteiger partial charge in [-0.2, -0.15) is 0 Å². The number of aryl methyl sites for hydroxylation is 2. The standard InChI is InChI=1S/C19H27N3O4S/c1-13-17(14(2)26-22-13)12-20-18(23)10-11-21-27(24,25)16-8-6-15(7-9-16)19(3,4)5/h6-9,21H,10-12H2,1-5H3,(H,20,23). The highest BCUT2D eigenvalue weighted by Gasteiger charge is 2.18. The van der Waals surface area contributed by atoms with Crippen molar-refractivity contribution in [3.63, 3.8) is 0 Å². The molecule has 27 heavy (non-hydrogen) atoms. The van der Waals surface area contributed by atoms with Gasteiger partial charge < -0.3 is 9.84 Å². The van der Waals surface area contributed by atoms with Crippen LogP contribution < -0.4 is 10.0 Å². The van der Waals surface area contributed by atoms with Crippen molar-refractivity contribution in [1.82, 2.24) is 15.2 Å². The van der Waals surface area contributed by atoms with Crippen LogP contribution in [0.2, 0.25) is 0 Å². The molecule has 0 radical (unpaired) electrons. The fourth-order valence-corrected chi connectivity index (χ4v) is 3.58. The van der Waals surface area contributed by atoms with Crippen molar-refractivity contribution < 1.29 is 17.7 Å². The van der Waals surface area contributed by atoms with E-state index in [2.05, 4.69) is 36.0 Å². The minimum absolute atomic E-state index is 0.0246. The molecule has 1 aromatic heterocycles. The van der Waals surface area contributed by atoms with Crippen molar-refractivity contribution >= 4 is 15.9 Å². The third-order valence-corrected chi connectivity index (χ3v) is 5.80. The van der Waals surface area contributed by atoms with Crippen LogP contribution in [0.3, 0.4) is 0 Å². The molecule has 0 atom stereocenters. The molecule has 7 nitrogen and oxygen atoms in total. The van der Waals surface area contributed by atoms with E-state index < -0.39 is 10.0 Å². The smallest absolute Gasteiger partial charge is 0.240 e. The van der Waals surface area contributed by atoms with E-state index in [1.165, 1.54) is 0 Å². The van der Waals surface area contributed by atoms with Crippen LogP contribution in [0.4, 0.5) is 0 Å². The Labute approximate surface area is 160 Å². The third kappa shape index (κ3) is 5.64. The fraction of sp³-hybridized carbons (Fsp3) is 0.474. The first-order valence-corrected chi connectivity index (χ1v) is 10.3. The van der Waals surface area contributed by atoms with Crippen molar-refractivity contribution in [3.8, 4) is 0 Å². The zero-order valence-corrected chi connectivity index (χ0v) is 17.2. The van der Waals surface area contributed by atoms with Crippen LogP contribution in [0.15, 0.2) is 33.7 Å². The summed E-state index contributed by atoms with van der Waals surface area (Å²) in [6.45, 7) is 10.1. The SMILES string of the molecule is Cc1noc(C)c1CNC(=O)CCNS(=O)(=O)c1ccc(C(C)(C)C)cc1. The molecule has 2 rings (SSSR count). The average molecular weight is 394 g/mol. The van der Waals surface area contributed by atoms with E-state index in [4.69, 9.17) is 4.52 Å². The molecule has 0 unspecified atom stereocenters. The Morgan fingerprint density at radius 2 is 1.78 bits per heavy atom. The minimum atomic E-state index is -3.64. The summed E-state index contributed by atoms with van der Waals surface area (Å²) in [5, 5.41) is 6.57. The third-order valence-electron chi connectivity index (χ3n) is 4.32. The van der Waals surface area contributed by atoms with Crippen LogP contribution in [-0.4, -0.2) is 26.0 Å². The van der Waals surface area contributed by atoms with Crippen molar-refractivity contribution in [2.24, 2.45) is 0 Å². The van der Waals surface area contributed by atoms with Gasteiger partial charge in [0.1, 0.15) is 5.76 Å². The first-order valence-electron chi connectivity index (χ1n) is 8.79. The maximum atomic E-state index is 12.3. The molecule has 148 valence electrons. The Morgan fingerprint density at radius 3 is 2.30 bits per heavy atom. The molecule has 1 amide bonds. The molecule has 0 saturated heterocycles. The Hall–Kier alpha value is -2.19. The van der Waals surface area contributed by atoms with E-state index in [0.717, 1.165) is 16.8 Å². The zero-order valence-electron chi connectivity index (χ0n) is 16.4. The number of nitrogens with zero attached hydrogens (tertiary/aromatic N) is 1. The summed E-state index contributed by atoms with van der Waals surface area (Å²) in [7, 11) is -3.64. The number of rotatable bonds is 7. The lowest BCUT2D eigenvalue weighted by molar-refractivity contribution is -0.121. The van der Waals surface area contributed by atoms with Crippen molar-refractivity contribution in [2.75, 3.05) is 6.54 Å². The molecular formula is C19H27N3O4S. The van der Waals surface area contributed by atoms with Gasteiger partial charge in [-0.15, -0.1) is 0 Å². The van der Waals surface area contributed by atoms with Gasteiger partial charge in [-0.05, 0) is 37.0 Å². The summed E-state index contributed by atoms with van der Waals surface area (Å²) >= 11 is 0. The Morgan fingerprint density at radius 1 is 1.15 bits per heavy atom. The summed E-state index contributed by atoms with van der Waals surface area (Å²) in [6.07, 6.45) is 0.0443. The predicted octanol–water partition coefficient (Wildman–Crippen LogP) is 2.57. The minimum Gasteiger partial charge on any atom is -0.361 e. The largest absolute Gasteiger partial charge is 0.361 e. The number of hydrogen-bond donors (Lipinski definition) is 2. The normalized spacial score (nSPS) is 12.2. The molecule has 2 N–H and O–H groups in total. The molecule has 8 heteroatoms. The van der Waals surface area contributed by atoms with E-state index in [-0.39, 0.29) is 29.2 Å². The lowest BCUT2D eigenvalue weighted by Crippen LogP contribution is -2.30. The van der Waals surface area contributed by atoms with Gasteiger partial charge in [-0.25, -0.2) is 13.1 Å². The highest BCUT2D eigenvalue weighted by molar-refractivity contribution is 7.89. The molecule has 0 bridgehead atoms. The summed E-state index contributed by atoms with van der Waals surface area (Å²) < 4.78 is 32.2. The molecule has 0 aliphatic carbocycles. The number of carbonyl (C=O) groups is 1. The van der Waals surface area contributed by atoms with Crippen LogP contribution in [0.1, 0.15) is 49.8 Å². The van der Waals surface area contributed by atoms with Crippen LogP contribution in [0.25, 0.3) is 0 Å². The van der Waals surface area contributed by atoms with Crippen LogP contribution >= 0.6 is 0 Å². The number of carbonyl (C=O) groups excluding carboxylic acids is 1. The second-order valence-electron chi connectivity index (χ2n) is 7.50. The molecule has 0 aliphatic heterocycles. The fourth-order valence-electron chi connectivity index (χ4n) is 2.55. The van der Waals surface area contributed by atoms with Gasteiger partial charge in [0.25, 0.3) is 0 Å². The second-order valence-corrected chi connectivity index (χ2v) is 9.27. The van der Waals surface area contributed by atoms with Gasteiger partial charge in [0.05, 0.1) is 10.6 Å². The Balaban J connectivity index is 1.85. The highest BCUT2D eigenvalue weighted by atomic mass is 32.2. The van der Waals surface area contributed by atoms with E-state index in [9.17, 15) is 13.2 Å². The lowest BCUT2D eigenvalue weighted by atomic mass is 9.87. The summed E-state index contributed by atoms with van der Waals surface area (Å²) in [5.74, 6) is 0.410. The zero-order chi connectivity index (χ0) is 20.2. The lowest BCUT2D eigenvalue weighted by Gasteiger charge is -2.19. The molecular weight excluding hydrogens is 366 g/mol. The maximum absolute atomic E-state index is 12.3. The first-order chi connectivity index (χ1) is 12.5. The average Bonchev–Trinajstić information content (AvgIpc) is 2.90. The van der Waals surface area contributed by atoms with Crippen molar-refractivity contribution in [2.45, 2.75) is 57.9 Å². The molecule has 1 aromatic carbocycles. The second kappa shape index (κ2) is 8.22. The molecule has 1 heterocycles. The topological polar surface area (TPSA) is 101 Å². The number of benzene rings is 1. The highest BCUT2D eigenvalue weighted by Crippen LogP contribution is 2.23. The number of hydrogen-bond acceptors (Lipinski definition) is 5. The number of sulfonamides is 1. The summed E-state index contributed by atoms with van der Waals surface area (Å²) in [4.78, 5) is 12.1. The van der Waals surface area contributed by atoms with Crippen LogP contribution in [0, 0.1) is 13.8 Å². The molecule has 0 spiro atoms. The summed E-state index contributed by atoms with van der Waals surface area (Å²) in [5.41, 5.74) is 2.57. The number of aromatic nitrogens is 1. The molecule has 0 fully saturated rings. The number of amides is 1. The predicted molar refractivity (Wildman–Crippen MR) is 103 cm³/mol. The Kier molecular flexibility index (Phi) is 6.43. The van der Waals surface area contributed by atoms with Gasteiger partial charge in [0.2, 0.25) is 15.9 Å². The molecule has 0 saturated carbocycles. The van der Waals surface area contributed by atoms with Gasteiger partial charge in [0.15, 0.2) is 0 Å². The van der Waals surface area contributed by atoms with Gasteiger partial charge >= 0.3 is 0 Å². The Bertz CT molecular complexity index is 875. The summed E-state index contributed by atoms with van der Waals surface area (Å²) in [6, 6.07) is 6.79. The van der Waals surface area contributed by atoms with Gasteiger partial charge in [0, 0.05) is 25.1 Å². The first kappa shape index (κ1) is 21.1. The maximum Gasteiger partial charge on any atom is 0.240 e. The van der Waals surface area contributed by atoms with E-state index in [1.54, 1.807) is 26.0 Å². The van der Waals surface area contributed by atoms with E-state index in [0.29, 0.717) is 12.3 Å². The van der Waals surface area contributed by atoms with Gasteiger partial charge in [-0.1, -0.05) is 38.1 Å². The van der Waals surface area contributed by atoms with Crippen LogP contribution in [0.5, 0.6) is 0 Å². The van der Waals surface area contributed by atoms with E-state index >= 15 is 0 Å². The van der Waals surface area contributed by atoms with Crippen molar-refractivity contribution in [1.29, 1.82) is 0 Å². The van der Waals surface area contributed by atoms with E-state index in [1.807, 2.05) is 12.1 Å².